The number of rotatable bonds is 17. The fourth-order valence-corrected chi connectivity index (χ4v) is 15.4. The second-order valence-corrected chi connectivity index (χ2v) is 22.5. The molecule has 0 aliphatic carbocycles. The van der Waals surface area contributed by atoms with Crippen LogP contribution in [0.15, 0.2) is 12.2 Å². The Hall–Kier alpha value is -0.339. The van der Waals surface area contributed by atoms with E-state index >= 15 is 0 Å². The van der Waals surface area contributed by atoms with E-state index in [2.05, 4.69) is 52.4 Å². The summed E-state index contributed by atoms with van der Waals surface area (Å²) in [7, 11) is -4.03. The highest BCUT2D eigenvalue weighted by Gasteiger charge is 2.39. The van der Waals surface area contributed by atoms with Crippen LogP contribution in [0.4, 0.5) is 0 Å². The number of ether oxygens (including phenoxy) is 4. The Bertz CT molecular complexity index is 500. The summed E-state index contributed by atoms with van der Waals surface area (Å²) >= 11 is 0. The first kappa shape index (κ1) is 29.7. The monoisotopic (exact) mass is 480 g/mol. The van der Waals surface area contributed by atoms with Crippen LogP contribution in [0.1, 0.15) is 13.3 Å². The summed E-state index contributed by atoms with van der Waals surface area (Å²) in [5.74, 6) is -0.427. The molecule has 0 fully saturated rings. The maximum absolute atomic E-state index is 11.6. The summed E-state index contributed by atoms with van der Waals surface area (Å²) in [4.78, 5) is 11.6. The fraction of sp³-hybridized carbons (Fsp3) is 0.850. The van der Waals surface area contributed by atoms with Crippen LogP contribution in [0.5, 0.6) is 0 Å². The van der Waals surface area contributed by atoms with Crippen LogP contribution in [0.3, 0.4) is 0 Å². The zero-order chi connectivity index (χ0) is 23.4. The van der Waals surface area contributed by atoms with Crippen molar-refractivity contribution in [2.24, 2.45) is 0 Å². The molecule has 0 radical (unpaired) electrons. The lowest BCUT2D eigenvalue weighted by Gasteiger charge is -2.38. The summed E-state index contributed by atoms with van der Waals surface area (Å²) in [6, 6.07) is 0.890. The lowest BCUT2D eigenvalue weighted by atomic mass is 10.3. The molecule has 10 heteroatoms. The normalized spacial score (nSPS) is 13.9. The van der Waals surface area contributed by atoms with E-state index in [-0.39, 0.29) is 12.7 Å². The predicted molar refractivity (Wildman–Crippen MR) is 128 cm³/mol. The molecule has 0 heterocycles. The van der Waals surface area contributed by atoms with Gasteiger partial charge in [0, 0.05) is 19.3 Å². The molecule has 0 saturated carbocycles. The smallest absolute Gasteiger partial charge is 0.333 e. The highest BCUT2D eigenvalue weighted by molar-refractivity contribution is 6.87. The van der Waals surface area contributed by atoms with Crippen molar-refractivity contribution >= 4 is 31.2 Å². The van der Waals surface area contributed by atoms with Gasteiger partial charge < -0.3 is 27.2 Å². The lowest BCUT2D eigenvalue weighted by molar-refractivity contribution is -0.145. The van der Waals surface area contributed by atoms with E-state index in [1.165, 1.54) is 0 Å². The van der Waals surface area contributed by atoms with Gasteiger partial charge in [-0.1, -0.05) is 6.58 Å². The van der Waals surface area contributed by atoms with Crippen molar-refractivity contribution in [2.45, 2.75) is 71.3 Å². The summed E-state index contributed by atoms with van der Waals surface area (Å²) in [6.07, 6.45) is 0.511. The van der Waals surface area contributed by atoms with Crippen molar-refractivity contribution in [2.75, 3.05) is 40.1 Å². The number of carbonyl (C=O) groups is 1. The van der Waals surface area contributed by atoms with Crippen molar-refractivity contribution in [3.8, 4) is 0 Å². The van der Waals surface area contributed by atoms with E-state index in [1.807, 2.05) is 0 Å². The topological polar surface area (TPSA) is 72.5 Å². The molecule has 30 heavy (non-hydrogen) atoms. The van der Waals surface area contributed by atoms with Gasteiger partial charge in [0.1, 0.15) is 12.7 Å². The van der Waals surface area contributed by atoms with E-state index in [4.69, 9.17) is 27.2 Å². The first-order chi connectivity index (χ1) is 13.7. The van der Waals surface area contributed by atoms with Gasteiger partial charge in [-0.15, -0.1) is 0 Å². The molecule has 1 atom stereocenters. The zero-order valence-electron chi connectivity index (χ0n) is 20.6. The minimum atomic E-state index is -2.25. The highest BCUT2D eigenvalue weighted by atomic mass is 28.5. The van der Waals surface area contributed by atoms with E-state index in [0.29, 0.717) is 32.0 Å². The Morgan fingerprint density at radius 3 is 1.93 bits per heavy atom. The molecule has 0 aromatic carbocycles. The Kier molecular flexibility index (Phi) is 13.8. The summed E-state index contributed by atoms with van der Waals surface area (Å²) in [5.41, 5.74) is 0.362. The molecule has 178 valence electrons. The summed E-state index contributed by atoms with van der Waals surface area (Å²) in [6.45, 7) is 22.5. The molecule has 0 aromatic heterocycles. The maximum Gasteiger partial charge on any atom is 0.333 e. The molecule has 1 unspecified atom stereocenters. The van der Waals surface area contributed by atoms with Gasteiger partial charge in [0.15, 0.2) is 16.6 Å². The molecular weight excluding hydrogens is 436 g/mol. The van der Waals surface area contributed by atoms with Crippen LogP contribution in [0, 0.1) is 0 Å². The van der Waals surface area contributed by atoms with Gasteiger partial charge in [-0.2, -0.15) is 0 Å². The lowest BCUT2D eigenvalue weighted by Crippen LogP contribution is -2.52. The van der Waals surface area contributed by atoms with Gasteiger partial charge in [-0.05, 0) is 65.2 Å². The van der Waals surface area contributed by atoms with Crippen molar-refractivity contribution in [3.05, 3.63) is 12.2 Å². The first-order valence-electron chi connectivity index (χ1n) is 10.6. The van der Waals surface area contributed by atoms with Crippen LogP contribution >= 0.6 is 0 Å². The number of esters is 1. The van der Waals surface area contributed by atoms with Crippen LogP contribution < -0.4 is 0 Å². The molecule has 0 aliphatic rings. The second kappa shape index (κ2) is 13.9. The number of carbonyl (C=O) groups excluding carboxylic acids is 1. The first-order valence-corrected chi connectivity index (χ1v) is 19.9. The summed E-state index contributed by atoms with van der Waals surface area (Å²) < 4.78 is 34.8. The average Bonchev–Trinajstić information content (AvgIpc) is 2.54. The molecule has 0 saturated heterocycles. The van der Waals surface area contributed by atoms with Gasteiger partial charge in [-0.3, -0.25) is 0 Å². The minimum Gasteiger partial charge on any atom is -0.459 e. The van der Waals surface area contributed by atoms with Gasteiger partial charge in [0.2, 0.25) is 0 Å². The molecule has 0 spiro atoms. The van der Waals surface area contributed by atoms with Crippen molar-refractivity contribution in [3.63, 3.8) is 0 Å². The second-order valence-electron chi connectivity index (χ2n) is 9.61. The Morgan fingerprint density at radius 2 is 1.47 bits per heavy atom. The molecule has 0 N–H and O–H groups in total. The third kappa shape index (κ3) is 16.4. The quantitative estimate of drug-likeness (QED) is 0.133. The zero-order valence-corrected chi connectivity index (χ0v) is 23.6. The molecule has 0 amide bonds. The third-order valence-electron chi connectivity index (χ3n) is 3.66. The Morgan fingerprint density at radius 1 is 0.900 bits per heavy atom. The van der Waals surface area contributed by atoms with Crippen LogP contribution in [-0.2, 0) is 32.0 Å². The highest BCUT2D eigenvalue weighted by Crippen LogP contribution is 2.25. The SMILES string of the molecule is C=C(C)C(=O)OCC(COCCC[Si](C)(O[Si](C)(C)C)O[Si](C)(C)C)OCCOC. The molecule has 0 rings (SSSR count). The predicted octanol–water partition coefficient (Wildman–Crippen LogP) is 4.32. The van der Waals surface area contributed by atoms with Crippen molar-refractivity contribution < 1.29 is 32.0 Å². The molecule has 7 nitrogen and oxygen atoms in total. The Labute approximate surface area is 186 Å². The van der Waals surface area contributed by atoms with Crippen molar-refractivity contribution in [1.29, 1.82) is 0 Å². The molecular formula is C20H44O7Si3. The molecule has 0 bridgehead atoms. The molecule has 0 aliphatic heterocycles. The van der Waals surface area contributed by atoms with Crippen molar-refractivity contribution in [1.82, 2.24) is 0 Å². The minimum absolute atomic E-state index is 0.124. The van der Waals surface area contributed by atoms with Crippen LogP contribution in [0.25, 0.3) is 0 Å². The van der Waals surface area contributed by atoms with Gasteiger partial charge in [0.05, 0.1) is 19.8 Å². The van der Waals surface area contributed by atoms with Gasteiger partial charge in [-0.25, -0.2) is 4.79 Å². The van der Waals surface area contributed by atoms with Crippen LogP contribution in [-0.4, -0.2) is 77.4 Å². The van der Waals surface area contributed by atoms with E-state index < -0.39 is 31.2 Å². The number of hydrogen-bond donors (Lipinski definition) is 0. The van der Waals surface area contributed by atoms with Crippen LogP contribution in [0.2, 0.25) is 51.9 Å². The van der Waals surface area contributed by atoms with Gasteiger partial charge >= 0.3 is 14.5 Å². The van der Waals surface area contributed by atoms with E-state index in [0.717, 1.165) is 12.5 Å². The Balaban J connectivity index is 4.58. The fourth-order valence-electron chi connectivity index (χ4n) is 2.86. The third-order valence-corrected chi connectivity index (χ3v) is 13.3. The maximum atomic E-state index is 11.6. The standard InChI is InChI=1S/C20H44O7Si3/c1-18(2)20(21)25-17-19(24-14-13-22-3)16-23-12-11-15-30(10,26-28(4,5)6)27-29(7,8)9/h19H,1,11-17H2,2-10H3. The largest absolute Gasteiger partial charge is 0.459 e. The van der Waals surface area contributed by atoms with E-state index in [1.54, 1.807) is 14.0 Å². The number of methoxy groups -OCH3 is 1. The average molecular weight is 481 g/mol. The van der Waals surface area contributed by atoms with E-state index in [9.17, 15) is 4.79 Å². The van der Waals surface area contributed by atoms with Gasteiger partial charge in [0.25, 0.3) is 0 Å². The number of hydrogen-bond acceptors (Lipinski definition) is 7. The summed E-state index contributed by atoms with van der Waals surface area (Å²) in [5, 5.41) is 0. The molecule has 0 aromatic rings.